The molecule has 2 fully saturated rings. The van der Waals surface area contributed by atoms with Crippen LogP contribution in [-0.4, -0.2) is 50.4 Å². The Kier molecular flexibility index (Phi) is 6.06. The minimum Gasteiger partial charge on any atom is -0.497 e. The Balaban J connectivity index is 1.38. The summed E-state index contributed by atoms with van der Waals surface area (Å²) < 4.78 is 10.8. The van der Waals surface area contributed by atoms with Gasteiger partial charge >= 0.3 is 0 Å². The Labute approximate surface area is 172 Å². The van der Waals surface area contributed by atoms with Gasteiger partial charge in [0.05, 0.1) is 25.9 Å². The highest BCUT2D eigenvalue weighted by molar-refractivity contribution is 5.38. The van der Waals surface area contributed by atoms with Gasteiger partial charge in [0.2, 0.25) is 0 Å². The Morgan fingerprint density at radius 2 is 1.76 bits per heavy atom. The fourth-order valence-electron chi connectivity index (χ4n) is 4.61. The molecule has 0 saturated carbocycles. The van der Waals surface area contributed by atoms with Gasteiger partial charge in [-0.1, -0.05) is 30.3 Å². The number of para-hydroxylation sites is 1. The van der Waals surface area contributed by atoms with Gasteiger partial charge in [0.25, 0.3) is 0 Å². The third-order valence-electron chi connectivity index (χ3n) is 6.35. The fourth-order valence-corrected chi connectivity index (χ4v) is 4.61. The number of rotatable bonds is 6. The van der Waals surface area contributed by atoms with Gasteiger partial charge in [-0.25, -0.2) is 5.43 Å². The van der Waals surface area contributed by atoms with Crippen LogP contribution < -0.4 is 20.3 Å². The number of hydrogen-bond acceptors (Lipinski definition) is 6. The number of methoxy groups -OCH3 is 2. The maximum Gasteiger partial charge on any atom is 0.124 e. The molecule has 6 nitrogen and oxygen atoms in total. The first-order valence-corrected chi connectivity index (χ1v) is 10.3. The van der Waals surface area contributed by atoms with Crippen molar-refractivity contribution < 1.29 is 14.6 Å². The van der Waals surface area contributed by atoms with Crippen LogP contribution in [-0.2, 0) is 5.60 Å². The monoisotopic (exact) mass is 397 g/mol. The number of piperidine rings is 1. The van der Waals surface area contributed by atoms with Crippen molar-refractivity contribution in [1.82, 2.24) is 15.8 Å². The van der Waals surface area contributed by atoms with E-state index in [0.717, 1.165) is 43.2 Å². The van der Waals surface area contributed by atoms with Gasteiger partial charge in [-0.15, -0.1) is 0 Å². The SMILES string of the molecule is COc1ccc(C2NNCC2CN2CCC(O)(c3ccccc3OC)CC2)cc1. The van der Waals surface area contributed by atoms with Gasteiger partial charge in [0.15, 0.2) is 0 Å². The van der Waals surface area contributed by atoms with Gasteiger partial charge in [-0.2, -0.15) is 0 Å². The number of nitrogens with zero attached hydrogens (tertiary/aromatic N) is 1. The third-order valence-corrected chi connectivity index (χ3v) is 6.35. The third kappa shape index (κ3) is 4.26. The van der Waals surface area contributed by atoms with Crippen LogP contribution in [0.1, 0.15) is 30.0 Å². The smallest absolute Gasteiger partial charge is 0.124 e. The zero-order valence-corrected chi connectivity index (χ0v) is 17.2. The zero-order chi connectivity index (χ0) is 20.3. The normalized spacial score (nSPS) is 24.4. The Hall–Kier alpha value is -2.12. The second-order valence-corrected chi connectivity index (χ2v) is 8.07. The summed E-state index contributed by atoms with van der Waals surface area (Å²) >= 11 is 0. The van der Waals surface area contributed by atoms with Crippen LogP contribution in [0, 0.1) is 5.92 Å². The van der Waals surface area contributed by atoms with Crippen LogP contribution in [0.5, 0.6) is 11.5 Å². The molecule has 2 aliphatic heterocycles. The summed E-state index contributed by atoms with van der Waals surface area (Å²) in [4.78, 5) is 2.47. The predicted octanol–water partition coefficient (Wildman–Crippen LogP) is 2.45. The highest BCUT2D eigenvalue weighted by atomic mass is 16.5. The lowest BCUT2D eigenvalue weighted by Crippen LogP contribution is -2.45. The molecule has 2 atom stereocenters. The molecule has 156 valence electrons. The number of aliphatic hydroxyl groups is 1. The van der Waals surface area contributed by atoms with Crippen molar-refractivity contribution in [3.8, 4) is 11.5 Å². The number of nitrogens with one attached hydrogen (secondary N) is 2. The van der Waals surface area contributed by atoms with Crippen LogP contribution in [0.25, 0.3) is 0 Å². The molecule has 0 radical (unpaired) electrons. The molecule has 0 amide bonds. The molecule has 2 aliphatic rings. The van der Waals surface area contributed by atoms with Gasteiger partial charge in [-0.05, 0) is 36.6 Å². The summed E-state index contributed by atoms with van der Waals surface area (Å²) in [5.74, 6) is 2.12. The van der Waals surface area contributed by atoms with E-state index >= 15 is 0 Å². The fraction of sp³-hybridized carbons (Fsp3) is 0.478. The summed E-state index contributed by atoms with van der Waals surface area (Å²) in [7, 11) is 3.35. The molecular formula is C23H31N3O3. The minimum absolute atomic E-state index is 0.274. The summed E-state index contributed by atoms with van der Waals surface area (Å²) in [6, 6.07) is 16.4. The molecule has 0 bridgehead atoms. The van der Waals surface area contributed by atoms with E-state index in [4.69, 9.17) is 9.47 Å². The maximum atomic E-state index is 11.3. The molecule has 2 saturated heterocycles. The second-order valence-electron chi connectivity index (χ2n) is 8.07. The van der Waals surface area contributed by atoms with Crippen molar-refractivity contribution in [3.63, 3.8) is 0 Å². The highest BCUT2D eigenvalue weighted by Crippen LogP contribution is 2.38. The van der Waals surface area contributed by atoms with E-state index in [0.29, 0.717) is 18.8 Å². The number of hydrazine groups is 1. The van der Waals surface area contributed by atoms with Gasteiger partial charge in [0, 0.05) is 37.7 Å². The molecule has 2 aromatic rings. The van der Waals surface area contributed by atoms with E-state index in [-0.39, 0.29) is 6.04 Å². The molecule has 0 spiro atoms. The van der Waals surface area contributed by atoms with Crippen molar-refractivity contribution in [3.05, 3.63) is 59.7 Å². The Bertz CT molecular complexity index is 803. The lowest BCUT2D eigenvalue weighted by molar-refractivity contribution is -0.0303. The van der Waals surface area contributed by atoms with Crippen LogP contribution in [0.15, 0.2) is 48.5 Å². The van der Waals surface area contributed by atoms with E-state index in [2.05, 4.69) is 27.9 Å². The standard InChI is InChI=1S/C23H31N3O3/c1-28-19-9-7-17(8-10-19)22-18(15-24-25-22)16-26-13-11-23(27,12-14-26)20-5-3-4-6-21(20)29-2/h3-10,18,22,24-25,27H,11-16H2,1-2H3. The van der Waals surface area contributed by atoms with E-state index in [9.17, 15) is 5.11 Å². The summed E-state index contributed by atoms with van der Waals surface area (Å²) in [6.45, 7) is 3.68. The molecule has 2 aromatic carbocycles. The average molecular weight is 398 g/mol. The zero-order valence-electron chi connectivity index (χ0n) is 17.2. The van der Waals surface area contributed by atoms with Crippen molar-refractivity contribution in [2.75, 3.05) is 40.4 Å². The number of hydrogen-bond donors (Lipinski definition) is 3. The van der Waals surface area contributed by atoms with Gasteiger partial charge in [-0.3, -0.25) is 5.43 Å². The second kappa shape index (κ2) is 8.71. The van der Waals surface area contributed by atoms with E-state index < -0.39 is 5.60 Å². The van der Waals surface area contributed by atoms with E-state index in [1.165, 1.54) is 5.56 Å². The first-order valence-electron chi connectivity index (χ1n) is 10.3. The largest absolute Gasteiger partial charge is 0.497 e. The minimum atomic E-state index is -0.815. The summed E-state index contributed by atoms with van der Waals surface area (Å²) in [5, 5.41) is 11.3. The topological polar surface area (TPSA) is 66.0 Å². The molecular weight excluding hydrogens is 366 g/mol. The van der Waals surface area contributed by atoms with Crippen molar-refractivity contribution in [2.45, 2.75) is 24.5 Å². The average Bonchev–Trinajstić information content (AvgIpc) is 3.23. The van der Waals surface area contributed by atoms with E-state index in [1.807, 2.05) is 36.4 Å². The molecule has 4 rings (SSSR count). The van der Waals surface area contributed by atoms with Gasteiger partial charge < -0.3 is 19.5 Å². The highest BCUT2D eigenvalue weighted by Gasteiger charge is 2.38. The van der Waals surface area contributed by atoms with Crippen LogP contribution in [0.2, 0.25) is 0 Å². The molecule has 2 heterocycles. The number of ether oxygens (including phenoxy) is 2. The number of benzene rings is 2. The van der Waals surface area contributed by atoms with E-state index in [1.54, 1.807) is 14.2 Å². The Morgan fingerprint density at radius 3 is 2.45 bits per heavy atom. The molecule has 29 heavy (non-hydrogen) atoms. The molecule has 0 aliphatic carbocycles. The van der Waals surface area contributed by atoms with Crippen LogP contribution >= 0.6 is 0 Å². The first-order chi connectivity index (χ1) is 14.1. The lowest BCUT2D eigenvalue weighted by atomic mass is 9.83. The Morgan fingerprint density at radius 1 is 1.03 bits per heavy atom. The molecule has 2 unspecified atom stereocenters. The molecule has 3 N–H and O–H groups in total. The number of likely N-dealkylation sites (tertiary alicyclic amines) is 1. The maximum absolute atomic E-state index is 11.3. The van der Waals surface area contributed by atoms with Crippen molar-refractivity contribution >= 4 is 0 Å². The van der Waals surface area contributed by atoms with Gasteiger partial charge in [0.1, 0.15) is 11.5 Å². The summed E-state index contributed by atoms with van der Waals surface area (Å²) in [6.07, 6.45) is 1.43. The lowest BCUT2D eigenvalue weighted by Gasteiger charge is -2.40. The predicted molar refractivity (Wildman–Crippen MR) is 113 cm³/mol. The molecule has 6 heteroatoms. The molecule has 0 aromatic heterocycles. The van der Waals surface area contributed by atoms with Crippen molar-refractivity contribution in [2.24, 2.45) is 5.92 Å². The van der Waals surface area contributed by atoms with Crippen molar-refractivity contribution in [1.29, 1.82) is 0 Å². The summed E-state index contributed by atoms with van der Waals surface area (Å²) in [5.41, 5.74) is 8.10. The van der Waals surface area contributed by atoms with Crippen LogP contribution in [0.3, 0.4) is 0 Å². The first kappa shape index (κ1) is 20.2. The van der Waals surface area contributed by atoms with Crippen LogP contribution in [0.4, 0.5) is 0 Å². The quantitative estimate of drug-likeness (QED) is 0.696.